The summed E-state index contributed by atoms with van der Waals surface area (Å²) in [5, 5.41) is 9.65. The number of hydrogen-bond donors (Lipinski definition) is 0. The van der Waals surface area contributed by atoms with Crippen molar-refractivity contribution in [2.75, 3.05) is 0 Å². The van der Waals surface area contributed by atoms with Gasteiger partial charge in [0.25, 0.3) is 0 Å². The van der Waals surface area contributed by atoms with E-state index in [2.05, 4.69) is 6.07 Å². The van der Waals surface area contributed by atoms with Crippen molar-refractivity contribution >= 4 is 11.8 Å². The van der Waals surface area contributed by atoms with Gasteiger partial charge >= 0.3 is 5.97 Å². The van der Waals surface area contributed by atoms with Crippen LogP contribution >= 0.6 is 0 Å². The van der Waals surface area contributed by atoms with Crippen molar-refractivity contribution in [3.05, 3.63) is 35.9 Å². The van der Waals surface area contributed by atoms with E-state index in [4.69, 9.17) is 4.74 Å². The summed E-state index contributed by atoms with van der Waals surface area (Å²) in [7, 11) is 0. The average Bonchev–Trinajstić information content (AvgIpc) is 2.39. The molecule has 0 fully saturated rings. The van der Waals surface area contributed by atoms with Crippen molar-refractivity contribution in [3.63, 3.8) is 0 Å². The Bertz CT molecular complexity index is 552. The number of ketones is 1. The lowest BCUT2D eigenvalue weighted by atomic mass is 9.77. The summed E-state index contributed by atoms with van der Waals surface area (Å²) in [5.74, 6) is -0.668. The zero-order valence-corrected chi connectivity index (χ0v) is 13.0. The molecule has 112 valence electrons. The second-order valence-electron chi connectivity index (χ2n) is 6.09. The quantitative estimate of drug-likeness (QED) is 0.780. The first-order chi connectivity index (χ1) is 9.71. The number of hydrogen-bond acceptors (Lipinski definition) is 4. The van der Waals surface area contributed by atoms with Crippen LogP contribution in [0.3, 0.4) is 0 Å². The van der Waals surface area contributed by atoms with Gasteiger partial charge in [-0.2, -0.15) is 5.26 Å². The number of carbonyl (C=O) groups is 2. The molecule has 0 amide bonds. The molecule has 0 spiro atoms. The van der Waals surface area contributed by atoms with Gasteiger partial charge in [0.15, 0.2) is 5.41 Å². The maximum absolute atomic E-state index is 12.6. The highest BCUT2D eigenvalue weighted by Gasteiger charge is 2.43. The Balaban J connectivity index is 3.24. The van der Waals surface area contributed by atoms with Gasteiger partial charge in [0.05, 0.1) is 6.07 Å². The van der Waals surface area contributed by atoms with E-state index in [9.17, 15) is 14.9 Å². The molecule has 0 bridgehead atoms. The second kappa shape index (κ2) is 6.53. The van der Waals surface area contributed by atoms with Crippen LogP contribution in [0.4, 0.5) is 0 Å². The maximum atomic E-state index is 12.6. The standard InChI is InChI=1S/C17H21NO3/c1-13(19)10-11-17(12-18,14-8-6-5-7-9-14)15(20)21-16(2,3)4/h5-9H,10-11H2,1-4H3/t17-/m0/s1. The molecule has 4 nitrogen and oxygen atoms in total. The first-order valence-electron chi connectivity index (χ1n) is 6.91. The third kappa shape index (κ3) is 4.42. The number of rotatable bonds is 5. The fraction of sp³-hybridized carbons (Fsp3) is 0.471. The fourth-order valence-corrected chi connectivity index (χ4v) is 1.98. The van der Waals surface area contributed by atoms with E-state index >= 15 is 0 Å². The maximum Gasteiger partial charge on any atom is 0.331 e. The van der Waals surface area contributed by atoms with Crippen LogP contribution in [0.5, 0.6) is 0 Å². The van der Waals surface area contributed by atoms with Gasteiger partial charge in [0, 0.05) is 6.42 Å². The van der Waals surface area contributed by atoms with E-state index in [1.165, 1.54) is 6.92 Å². The Morgan fingerprint density at radius 2 is 1.76 bits per heavy atom. The smallest absolute Gasteiger partial charge is 0.331 e. The van der Waals surface area contributed by atoms with Crippen LogP contribution in [0.25, 0.3) is 0 Å². The van der Waals surface area contributed by atoms with E-state index in [1.807, 2.05) is 6.07 Å². The van der Waals surface area contributed by atoms with Crippen molar-refractivity contribution in [3.8, 4) is 6.07 Å². The van der Waals surface area contributed by atoms with Crippen LogP contribution < -0.4 is 0 Å². The second-order valence-corrected chi connectivity index (χ2v) is 6.09. The average molecular weight is 287 g/mol. The molecule has 0 aromatic heterocycles. The lowest BCUT2D eigenvalue weighted by Crippen LogP contribution is -2.40. The fourth-order valence-electron chi connectivity index (χ4n) is 1.98. The molecule has 0 radical (unpaired) electrons. The van der Waals surface area contributed by atoms with Crippen molar-refractivity contribution < 1.29 is 14.3 Å². The van der Waals surface area contributed by atoms with Gasteiger partial charge in [-0.1, -0.05) is 30.3 Å². The van der Waals surface area contributed by atoms with Crippen molar-refractivity contribution in [1.29, 1.82) is 5.26 Å². The van der Waals surface area contributed by atoms with E-state index < -0.39 is 17.0 Å². The van der Waals surface area contributed by atoms with Gasteiger partial charge in [-0.15, -0.1) is 0 Å². The Morgan fingerprint density at radius 1 is 1.19 bits per heavy atom. The van der Waals surface area contributed by atoms with Crippen LogP contribution in [0.15, 0.2) is 30.3 Å². The summed E-state index contributed by atoms with van der Waals surface area (Å²) in [6.07, 6.45) is 0.277. The van der Waals surface area contributed by atoms with E-state index in [1.54, 1.807) is 45.0 Å². The van der Waals surface area contributed by atoms with Crippen LogP contribution in [0.2, 0.25) is 0 Å². The van der Waals surface area contributed by atoms with Gasteiger partial charge in [-0.3, -0.25) is 0 Å². The van der Waals surface area contributed by atoms with Gasteiger partial charge in [0.1, 0.15) is 11.4 Å². The SMILES string of the molecule is CC(=O)CC[C@@](C#N)(C(=O)OC(C)(C)C)c1ccccc1. The Morgan fingerprint density at radius 3 is 2.19 bits per heavy atom. The third-order valence-electron chi connectivity index (χ3n) is 3.06. The lowest BCUT2D eigenvalue weighted by Gasteiger charge is -2.29. The summed E-state index contributed by atoms with van der Waals surface area (Å²) in [6, 6.07) is 10.9. The van der Waals surface area contributed by atoms with E-state index in [0.29, 0.717) is 5.56 Å². The van der Waals surface area contributed by atoms with Gasteiger partial charge < -0.3 is 9.53 Å². The molecular formula is C17H21NO3. The number of esters is 1. The van der Waals surface area contributed by atoms with E-state index in [0.717, 1.165) is 0 Å². The Labute approximate surface area is 125 Å². The predicted molar refractivity (Wildman–Crippen MR) is 79.5 cm³/mol. The molecule has 0 heterocycles. The first-order valence-corrected chi connectivity index (χ1v) is 6.91. The predicted octanol–water partition coefficient (Wildman–Crippen LogP) is 3.16. The summed E-state index contributed by atoms with van der Waals surface area (Å²) in [5.41, 5.74) is -1.58. The Kier molecular flexibility index (Phi) is 5.26. The molecule has 0 aliphatic heterocycles. The summed E-state index contributed by atoms with van der Waals surface area (Å²) >= 11 is 0. The van der Waals surface area contributed by atoms with Crippen LogP contribution in [-0.2, 0) is 19.7 Å². The van der Waals surface area contributed by atoms with Crippen molar-refractivity contribution in [1.82, 2.24) is 0 Å². The zero-order valence-electron chi connectivity index (χ0n) is 13.0. The number of benzene rings is 1. The summed E-state index contributed by atoms with van der Waals surface area (Å²) in [4.78, 5) is 23.9. The highest BCUT2D eigenvalue weighted by atomic mass is 16.6. The van der Waals surface area contributed by atoms with Crippen molar-refractivity contribution in [2.24, 2.45) is 0 Å². The van der Waals surface area contributed by atoms with Gasteiger partial charge in [-0.25, -0.2) is 4.79 Å². The number of ether oxygens (including phenoxy) is 1. The summed E-state index contributed by atoms with van der Waals surface area (Å²) in [6.45, 7) is 6.71. The molecule has 4 heteroatoms. The van der Waals surface area contributed by atoms with Crippen molar-refractivity contribution in [2.45, 2.75) is 51.6 Å². The Hall–Kier alpha value is -2.15. The minimum absolute atomic E-state index is 0.0610. The molecule has 1 rings (SSSR count). The molecule has 0 aliphatic carbocycles. The molecule has 0 aliphatic rings. The highest BCUT2D eigenvalue weighted by molar-refractivity contribution is 5.88. The highest BCUT2D eigenvalue weighted by Crippen LogP contribution is 2.32. The molecule has 0 N–H and O–H groups in total. The zero-order chi connectivity index (χ0) is 16.1. The molecule has 0 saturated carbocycles. The number of nitriles is 1. The molecule has 1 atom stereocenters. The largest absolute Gasteiger partial charge is 0.459 e. The topological polar surface area (TPSA) is 67.2 Å². The molecule has 1 aromatic rings. The van der Waals surface area contributed by atoms with Crippen LogP contribution in [0, 0.1) is 11.3 Å². The number of nitrogens with zero attached hydrogens (tertiary/aromatic N) is 1. The molecule has 0 saturated heterocycles. The van der Waals surface area contributed by atoms with Gasteiger partial charge in [-0.05, 0) is 39.7 Å². The molecular weight excluding hydrogens is 266 g/mol. The number of carbonyl (C=O) groups excluding carboxylic acids is 2. The minimum atomic E-state index is -1.44. The monoisotopic (exact) mass is 287 g/mol. The lowest BCUT2D eigenvalue weighted by molar-refractivity contribution is -0.160. The van der Waals surface area contributed by atoms with Gasteiger partial charge in [0.2, 0.25) is 0 Å². The molecule has 21 heavy (non-hydrogen) atoms. The molecule has 1 aromatic carbocycles. The van der Waals surface area contributed by atoms with Crippen LogP contribution in [-0.4, -0.2) is 17.4 Å². The van der Waals surface area contributed by atoms with Crippen LogP contribution in [0.1, 0.15) is 46.1 Å². The normalized spacial score (nSPS) is 13.9. The minimum Gasteiger partial charge on any atom is -0.459 e. The first kappa shape index (κ1) is 16.9. The summed E-state index contributed by atoms with van der Waals surface area (Å²) < 4.78 is 5.41. The third-order valence-corrected chi connectivity index (χ3v) is 3.06. The number of Topliss-reactive ketones (excluding diaryl/α,β-unsaturated/α-hetero) is 1. The van der Waals surface area contributed by atoms with E-state index in [-0.39, 0.29) is 18.6 Å². The molecule has 0 unspecified atom stereocenters.